The van der Waals surface area contributed by atoms with E-state index in [1.54, 1.807) is 45.0 Å². The van der Waals surface area contributed by atoms with Crippen LogP contribution in [0.1, 0.15) is 37.0 Å². The zero-order valence-electron chi connectivity index (χ0n) is 21.2. The highest BCUT2D eigenvalue weighted by Gasteiger charge is 2.34. The average Bonchev–Trinajstić information content (AvgIpc) is 2.80. The van der Waals surface area contributed by atoms with E-state index in [2.05, 4.69) is 5.32 Å². The Kier molecular flexibility index (Phi) is 9.79. The summed E-state index contributed by atoms with van der Waals surface area (Å²) in [6, 6.07) is 10.2. The lowest BCUT2D eigenvalue weighted by Gasteiger charge is -2.34. The molecule has 0 aliphatic rings. The first-order chi connectivity index (χ1) is 16.4. The minimum absolute atomic E-state index is 0.0252. The standard InChI is InChI=1S/C25H35FN4O4S/c1-7-22(25(32)27-8-2)29(16-20-11-13-21(26)14-12-20)24(31)17-30(35(33,34)28(5)6)23-15-18(3)9-10-19(23)4/h9-15,22H,7-8,16-17H2,1-6H3,(H,27,32)/t22-/m0/s1. The van der Waals surface area contributed by atoms with E-state index in [4.69, 9.17) is 0 Å². The number of benzene rings is 2. The van der Waals surface area contributed by atoms with Crippen molar-refractivity contribution in [2.75, 3.05) is 31.5 Å². The number of carbonyl (C=O) groups excluding carboxylic acids is 2. The van der Waals surface area contributed by atoms with E-state index in [9.17, 15) is 22.4 Å². The Bertz CT molecular complexity index is 1140. The van der Waals surface area contributed by atoms with Crippen molar-refractivity contribution in [1.82, 2.24) is 14.5 Å². The second kappa shape index (κ2) is 12.1. The molecule has 0 aliphatic carbocycles. The van der Waals surface area contributed by atoms with Crippen molar-refractivity contribution >= 4 is 27.7 Å². The Morgan fingerprint density at radius 1 is 1.03 bits per heavy atom. The molecule has 0 saturated heterocycles. The van der Waals surface area contributed by atoms with Gasteiger partial charge in [-0.2, -0.15) is 12.7 Å². The number of hydrogen-bond donors (Lipinski definition) is 1. The number of amides is 2. The Morgan fingerprint density at radius 2 is 1.66 bits per heavy atom. The largest absolute Gasteiger partial charge is 0.355 e. The number of nitrogens with zero attached hydrogens (tertiary/aromatic N) is 3. The first kappa shape index (κ1) is 28.3. The van der Waals surface area contributed by atoms with Gasteiger partial charge in [0.05, 0.1) is 5.69 Å². The maximum atomic E-state index is 13.7. The summed E-state index contributed by atoms with van der Waals surface area (Å²) < 4.78 is 42.1. The Morgan fingerprint density at radius 3 is 2.20 bits per heavy atom. The van der Waals surface area contributed by atoms with E-state index in [1.807, 2.05) is 13.0 Å². The van der Waals surface area contributed by atoms with Crippen LogP contribution in [0.25, 0.3) is 0 Å². The molecular weight excluding hydrogens is 471 g/mol. The number of likely N-dealkylation sites (N-methyl/N-ethyl adjacent to an activating group) is 1. The second-order valence-electron chi connectivity index (χ2n) is 8.55. The van der Waals surface area contributed by atoms with Gasteiger partial charge in [-0.1, -0.05) is 31.2 Å². The van der Waals surface area contributed by atoms with E-state index < -0.39 is 34.5 Å². The number of rotatable bonds is 11. The molecule has 8 nitrogen and oxygen atoms in total. The number of halogens is 1. The fourth-order valence-electron chi connectivity index (χ4n) is 3.69. The molecule has 2 rings (SSSR count). The fourth-order valence-corrected chi connectivity index (χ4v) is 4.80. The van der Waals surface area contributed by atoms with Gasteiger partial charge in [-0.05, 0) is 62.1 Å². The minimum Gasteiger partial charge on any atom is -0.355 e. The zero-order chi connectivity index (χ0) is 26.3. The second-order valence-corrected chi connectivity index (χ2v) is 10.6. The molecule has 0 bridgehead atoms. The molecule has 0 fully saturated rings. The van der Waals surface area contributed by atoms with Gasteiger partial charge >= 0.3 is 10.2 Å². The maximum Gasteiger partial charge on any atom is 0.304 e. The topological polar surface area (TPSA) is 90.0 Å². The van der Waals surface area contributed by atoms with Crippen LogP contribution in [0.15, 0.2) is 42.5 Å². The molecule has 2 amide bonds. The van der Waals surface area contributed by atoms with Gasteiger partial charge in [-0.3, -0.25) is 9.59 Å². The Hall–Kier alpha value is -2.98. The highest BCUT2D eigenvalue weighted by Crippen LogP contribution is 2.26. The summed E-state index contributed by atoms with van der Waals surface area (Å²) in [5, 5.41) is 2.74. The van der Waals surface area contributed by atoms with Crippen molar-refractivity contribution in [2.24, 2.45) is 0 Å². The molecule has 0 unspecified atom stereocenters. The minimum atomic E-state index is -4.03. The van der Waals surface area contributed by atoms with E-state index in [0.717, 1.165) is 14.2 Å². The van der Waals surface area contributed by atoms with Crippen molar-refractivity contribution < 1.29 is 22.4 Å². The number of anilines is 1. The molecule has 0 heterocycles. The summed E-state index contributed by atoms with van der Waals surface area (Å²) in [6.45, 7) is 7.09. The Labute approximate surface area is 207 Å². The van der Waals surface area contributed by atoms with Crippen molar-refractivity contribution in [1.29, 1.82) is 0 Å². The van der Waals surface area contributed by atoms with Crippen molar-refractivity contribution in [2.45, 2.75) is 46.7 Å². The molecule has 0 spiro atoms. The van der Waals surface area contributed by atoms with Gasteiger partial charge in [0.2, 0.25) is 11.8 Å². The molecule has 192 valence electrons. The summed E-state index contributed by atoms with van der Waals surface area (Å²) in [4.78, 5) is 27.9. The average molecular weight is 507 g/mol. The molecule has 0 aliphatic heterocycles. The van der Waals surface area contributed by atoms with Crippen LogP contribution in [0, 0.1) is 19.7 Å². The monoisotopic (exact) mass is 506 g/mol. The first-order valence-electron chi connectivity index (χ1n) is 11.5. The summed E-state index contributed by atoms with van der Waals surface area (Å²) >= 11 is 0. The van der Waals surface area contributed by atoms with Crippen LogP contribution >= 0.6 is 0 Å². The predicted octanol–water partition coefficient (Wildman–Crippen LogP) is 3.00. The third-order valence-corrected chi connectivity index (χ3v) is 7.46. The molecule has 2 aromatic carbocycles. The lowest BCUT2D eigenvalue weighted by molar-refractivity contribution is -0.140. The quantitative estimate of drug-likeness (QED) is 0.507. The van der Waals surface area contributed by atoms with Gasteiger partial charge in [0.25, 0.3) is 0 Å². The van der Waals surface area contributed by atoms with Crippen LogP contribution in [-0.2, 0) is 26.3 Å². The predicted molar refractivity (Wildman–Crippen MR) is 136 cm³/mol. The highest BCUT2D eigenvalue weighted by atomic mass is 32.2. The van der Waals surface area contributed by atoms with Gasteiger partial charge in [-0.15, -0.1) is 0 Å². The molecule has 1 N–H and O–H groups in total. The van der Waals surface area contributed by atoms with Crippen LogP contribution < -0.4 is 9.62 Å². The normalized spacial score (nSPS) is 12.3. The molecule has 0 aromatic heterocycles. The molecule has 0 saturated carbocycles. The maximum absolute atomic E-state index is 13.7. The van der Waals surface area contributed by atoms with Gasteiger partial charge in [0.1, 0.15) is 18.4 Å². The van der Waals surface area contributed by atoms with Crippen molar-refractivity contribution in [3.05, 3.63) is 65.0 Å². The molecule has 1 atom stereocenters. The number of aryl methyl sites for hydroxylation is 2. The summed E-state index contributed by atoms with van der Waals surface area (Å²) in [5.41, 5.74) is 2.54. The van der Waals surface area contributed by atoms with E-state index in [-0.39, 0.29) is 12.5 Å². The molecule has 0 radical (unpaired) electrons. The number of nitrogens with one attached hydrogen (secondary N) is 1. The summed E-state index contributed by atoms with van der Waals surface area (Å²) in [5.74, 6) is -1.29. The smallest absolute Gasteiger partial charge is 0.304 e. The summed E-state index contributed by atoms with van der Waals surface area (Å²) in [6.07, 6.45) is 0.322. The number of hydrogen-bond acceptors (Lipinski definition) is 4. The molecule has 2 aromatic rings. The molecule has 10 heteroatoms. The van der Waals surface area contributed by atoms with Crippen LogP contribution in [0.5, 0.6) is 0 Å². The van der Waals surface area contributed by atoms with Crippen LogP contribution in [0.4, 0.5) is 10.1 Å². The van der Waals surface area contributed by atoms with E-state index in [1.165, 1.54) is 31.1 Å². The van der Waals surface area contributed by atoms with Crippen LogP contribution in [0.3, 0.4) is 0 Å². The SMILES string of the molecule is CCNC(=O)[C@H](CC)N(Cc1ccc(F)cc1)C(=O)CN(c1cc(C)ccc1C)S(=O)(=O)N(C)C. The third kappa shape index (κ3) is 7.02. The molecular formula is C25H35FN4O4S. The third-order valence-electron chi connectivity index (χ3n) is 5.66. The lowest BCUT2D eigenvalue weighted by atomic mass is 10.1. The fraction of sp³-hybridized carbons (Fsp3) is 0.440. The van der Waals surface area contributed by atoms with Crippen LogP contribution in [0.2, 0.25) is 0 Å². The van der Waals surface area contributed by atoms with Crippen LogP contribution in [-0.4, -0.2) is 62.7 Å². The zero-order valence-corrected chi connectivity index (χ0v) is 22.0. The highest BCUT2D eigenvalue weighted by molar-refractivity contribution is 7.90. The van der Waals surface area contributed by atoms with Gasteiger partial charge in [0.15, 0.2) is 0 Å². The number of carbonyl (C=O) groups is 2. The van der Waals surface area contributed by atoms with Gasteiger partial charge in [-0.25, -0.2) is 8.70 Å². The van der Waals surface area contributed by atoms with Crippen molar-refractivity contribution in [3.8, 4) is 0 Å². The van der Waals surface area contributed by atoms with Crippen molar-refractivity contribution in [3.63, 3.8) is 0 Å². The van der Waals surface area contributed by atoms with E-state index in [0.29, 0.717) is 29.8 Å². The van der Waals surface area contributed by atoms with E-state index >= 15 is 0 Å². The first-order valence-corrected chi connectivity index (χ1v) is 12.9. The van der Waals surface area contributed by atoms with Gasteiger partial charge in [0, 0.05) is 27.2 Å². The Balaban J connectivity index is 2.54. The summed E-state index contributed by atoms with van der Waals surface area (Å²) in [7, 11) is -1.23. The molecule has 35 heavy (non-hydrogen) atoms. The van der Waals surface area contributed by atoms with Gasteiger partial charge < -0.3 is 10.2 Å². The lowest BCUT2D eigenvalue weighted by Crippen LogP contribution is -2.53.